The van der Waals surface area contributed by atoms with Crippen LogP contribution in [-0.2, 0) is 16.2 Å². The molecule has 20 heavy (non-hydrogen) atoms. The Balaban J connectivity index is 3.15. The predicted molar refractivity (Wildman–Crippen MR) is 70.2 cm³/mol. The molecule has 1 atom stereocenters. The van der Waals surface area contributed by atoms with Crippen LogP contribution in [0.1, 0.15) is 12.5 Å². The summed E-state index contributed by atoms with van der Waals surface area (Å²) in [6.45, 7) is 1.18. The van der Waals surface area contributed by atoms with Crippen LogP contribution in [-0.4, -0.2) is 18.7 Å². The monoisotopic (exact) mass is 330 g/mol. The highest BCUT2D eigenvalue weighted by Gasteiger charge is 2.34. The highest BCUT2D eigenvalue weighted by Crippen LogP contribution is 2.33. The summed E-state index contributed by atoms with van der Waals surface area (Å²) in [6.07, 6.45) is -4.93. The summed E-state index contributed by atoms with van der Waals surface area (Å²) >= 11 is 4.51. The molecule has 0 saturated heterocycles. The molecule has 0 fully saturated rings. The minimum absolute atomic E-state index is 0.337. The molecule has 112 valence electrons. The molecule has 0 amide bonds. The van der Waals surface area contributed by atoms with Gasteiger partial charge in [0.2, 0.25) is 10.0 Å². The quantitative estimate of drug-likeness (QED) is 0.656. The molecular weight excluding hydrogens is 320 g/mol. The Morgan fingerprint density at radius 3 is 2.40 bits per heavy atom. The van der Waals surface area contributed by atoms with Crippen molar-refractivity contribution in [1.82, 2.24) is 0 Å². The Bertz CT molecular complexity index is 629. The molecule has 10 heteroatoms. The lowest BCUT2D eigenvalue weighted by atomic mass is 10.2. The number of hydrogen-bond donors (Lipinski definition) is 2. The van der Waals surface area contributed by atoms with E-state index in [2.05, 4.69) is 12.2 Å². The number of alkyl halides is 3. The number of thiocarbonyl (C=S) groups is 1. The molecule has 3 N–H and O–H groups in total. The van der Waals surface area contributed by atoms with E-state index in [1.807, 2.05) is 4.72 Å². The van der Waals surface area contributed by atoms with Gasteiger partial charge in [-0.25, -0.2) is 12.8 Å². The number of nitrogens with one attached hydrogen (secondary N) is 1. The zero-order valence-corrected chi connectivity index (χ0v) is 11.7. The van der Waals surface area contributed by atoms with E-state index in [1.54, 1.807) is 0 Å². The van der Waals surface area contributed by atoms with Crippen LogP contribution < -0.4 is 10.5 Å². The lowest BCUT2D eigenvalue weighted by Gasteiger charge is -2.15. The maximum absolute atomic E-state index is 13.0. The Morgan fingerprint density at radius 2 is 1.95 bits per heavy atom. The Hall–Kier alpha value is -1.42. The summed E-state index contributed by atoms with van der Waals surface area (Å²) in [5, 5.41) is -1.28. The molecule has 0 aromatic heterocycles. The van der Waals surface area contributed by atoms with Crippen LogP contribution in [0.2, 0.25) is 0 Å². The maximum Gasteiger partial charge on any atom is 0.419 e. The topological polar surface area (TPSA) is 72.2 Å². The number of rotatable bonds is 4. The summed E-state index contributed by atoms with van der Waals surface area (Å²) in [5.74, 6) is -1.50. The van der Waals surface area contributed by atoms with E-state index in [4.69, 9.17) is 5.73 Å². The third-order valence-electron chi connectivity index (χ3n) is 2.40. The van der Waals surface area contributed by atoms with Crippen molar-refractivity contribution in [2.75, 3.05) is 4.72 Å². The minimum Gasteiger partial charge on any atom is -0.392 e. The highest BCUT2D eigenvalue weighted by atomic mass is 32.2. The molecule has 1 rings (SSSR count). The number of hydrogen-bond acceptors (Lipinski definition) is 3. The highest BCUT2D eigenvalue weighted by molar-refractivity contribution is 7.95. The van der Waals surface area contributed by atoms with Crippen LogP contribution >= 0.6 is 12.2 Å². The van der Waals surface area contributed by atoms with Gasteiger partial charge in [-0.15, -0.1) is 0 Å². The van der Waals surface area contributed by atoms with Gasteiger partial charge >= 0.3 is 6.18 Å². The van der Waals surface area contributed by atoms with Gasteiger partial charge in [-0.05, 0) is 25.1 Å². The van der Waals surface area contributed by atoms with Gasteiger partial charge in [0.05, 0.1) is 10.6 Å². The molecule has 1 unspecified atom stereocenters. The van der Waals surface area contributed by atoms with Gasteiger partial charge in [0.15, 0.2) is 0 Å². The number of halogens is 4. The van der Waals surface area contributed by atoms with Crippen molar-refractivity contribution in [2.45, 2.75) is 18.3 Å². The maximum atomic E-state index is 13.0. The molecule has 0 saturated carbocycles. The summed E-state index contributed by atoms with van der Waals surface area (Å²) in [7, 11) is -4.09. The molecule has 0 bridgehead atoms. The first-order valence-electron chi connectivity index (χ1n) is 5.13. The zero-order chi connectivity index (χ0) is 15.7. The van der Waals surface area contributed by atoms with Gasteiger partial charge in [-0.2, -0.15) is 13.2 Å². The van der Waals surface area contributed by atoms with Crippen LogP contribution in [0.5, 0.6) is 0 Å². The first kappa shape index (κ1) is 16.6. The molecule has 1 aromatic carbocycles. The Labute approximate surface area is 118 Å². The van der Waals surface area contributed by atoms with Crippen LogP contribution in [0.3, 0.4) is 0 Å². The van der Waals surface area contributed by atoms with Gasteiger partial charge in [-0.1, -0.05) is 12.2 Å². The molecule has 1 aromatic rings. The van der Waals surface area contributed by atoms with Gasteiger partial charge in [0, 0.05) is 5.69 Å². The molecular formula is C10H10F4N2O2S2. The molecule has 0 heterocycles. The third-order valence-corrected chi connectivity index (χ3v) is 4.61. The smallest absolute Gasteiger partial charge is 0.392 e. The fraction of sp³-hybridized carbons (Fsp3) is 0.300. The van der Waals surface area contributed by atoms with Crippen molar-refractivity contribution in [2.24, 2.45) is 5.73 Å². The van der Waals surface area contributed by atoms with Crippen LogP contribution in [0.4, 0.5) is 23.2 Å². The van der Waals surface area contributed by atoms with Crippen molar-refractivity contribution in [3.8, 4) is 0 Å². The number of anilines is 1. The Morgan fingerprint density at radius 1 is 1.40 bits per heavy atom. The van der Waals surface area contributed by atoms with E-state index in [0.717, 1.165) is 6.07 Å². The molecule has 0 radical (unpaired) electrons. The van der Waals surface area contributed by atoms with Gasteiger partial charge in [-0.3, -0.25) is 4.72 Å². The second-order valence-corrected chi connectivity index (χ2v) is 6.36. The van der Waals surface area contributed by atoms with E-state index >= 15 is 0 Å². The lowest BCUT2D eigenvalue weighted by molar-refractivity contribution is -0.139. The minimum atomic E-state index is -4.93. The fourth-order valence-electron chi connectivity index (χ4n) is 1.21. The van der Waals surface area contributed by atoms with Gasteiger partial charge in [0.25, 0.3) is 0 Å². The normalized spacial score (nSPS) is 13.8. The number of nitrogens with two attached hydrogens (primary N) is 1. The molecule has 0 aliphatic heterocycles. The zero-order valence-electron chi connectivity index (χ0n) is 10.0. The van der Waals surface area contributed by atoms with Crippen molar-refractivity contribution in [1.29, 1.82) is 0 Å². The number of sulfonamides is 1. The van der Waals surface area contributed by atoms with Crippen molar-refractivity contribution >= 4 is 32.9 Å². The Kier molecular flexibility index (Phi) is 4.59. The van der Waals surface area contributed by atoms with Crippen molar-refractivity contribution in [3.05, 3.63) is 29.6 Å². The van der Waals surface area contributed by atoms with Crippen molar-refractivity contribution in [3.63, 3.8) is 0 Å². The third kappa shape index (κ3) is 3.79. The second kappa shape index (κ2) is 5.52. The summed E-state index contributed by atoms with van der Waals surface area (Å²) < 4.78 is 75.9. The summed E-state index contributed by atoms with van der Waals surface area (Å²) in [6, 6.07) is 1.75. The lowest BCUT2D eigenvalue weighted by Crippen LogP contribution is -2.35. The second-order valence-electron chi connectivity index (χ2n) is 3.88. The summed E-state index contributed by atoms with van der Waals surface area (Å²) in [5.41, 5.74) is 3.17. The van der Waals surface area contributed by atoms with E-state index in [9.17, 15) is 26.0 Å². The first-order chi connectivity index (χ1) is 8.95. The molecule has 4 nitrogen and oxygen atoms in total. The van der Waals surface area contributed by atoms with E-state index in [0.29, 0.717) is 12.1 Å². The molecule has 0 aliphatic rings. The largest absolute Gasteiger partial charge is 0.419 e. The SMILES string of the molecule is CC(C(N)=S)S(=O)(=O)Nc1ccc(F)c(C(F)(F)F)c1. The van der Waals surface area contributed by atoms with E-state index in [1.165, 1.54) is 6.92 Å². The predicted octanol–water partition coefficient (Wildman–Crippen LogP) is 2.26. The first-order valence-corrected chi connectivity index (χ1v) is 7.08. The molecule has 0 aliphatic carbocycles. The van der Waals surface area contributed by atoms with Crippen LogP contribution in [0.25, 0.3) is 0 Å². The van der Waals surface area contributed by atoms with E-state index in [-0.39, 0.29) is 4.99 Å². The van der Waals surface area contributed by atoms with Gasteiger partial charge in [0.1, 0.15) is 11.1 Å². The van der Waals surface area contributed by atoms with Crippen LogP contribution in [0.15, 0.2) is 18.2 Å². The average Bonchev–Trinajstić information content (AvgIpc) is 2.28. The fourth-order valence-corrected chi connectivity index (χ4v) is 2.53. The molecule has 0 spiro atoms. The number of benzene rings is 1. The standard InChI is InChI=1S/C10H10F4N2O2S2/c1-5(9(15)19)20(17,18)16-6-2-3-8(11)7(4-6)10(12,13)14/h2-5,16H,1H3,(H2,15,19). The van der Waals surface area contributed by atoms with Gasteiger partial charge < -0.3 is 5.73 Å². The summed E-state index contributed by atoms with van der Waals surface area (Å²) in [4.78, 5) is -0.337. The average molecular weight is 330 g/mol. The van der Waals surface area contributed by atoms with Crippen LogP contribution in [0, 0.1) is 5.82 Å². The van der Waals surface area contributed by atoms with E-state index < -0.39 is 38.5 Å². The van der Waals surface area contributed by atoms with Crippen molar-refractivity contribution < 1.29 is 26.0 Å².